The van der Waals surface area contributed by atoms with Crippen LogP contribution in [0.15, 0.2) is 24.3 Å². The highest BCUT2D eigenvalue weighted by Crippen LogP contribution is 2.40. The van der Waals surface area contributed by atoms with Crippen LogP contribution in [-0.2, 0) is 0 Å². The van der Waals surface area contributed by atoms with Crippen molar-refractivity contribution in [2.75, 3.05) is 0 Å². The van der Waals surface area contributed by atoms with Crippen molar-refractivity contribution in [1.29, 1.82) is 0 Å². The average Bonchev–Trinajstić information content (AvgIpc) is 2.55. The molecule has 1 aromatic carbocycles. The summed E-state index contributed by atoms with van der Waals surface area (Å²) in [5, 5.41) is 0. The maximum Gasteiger partial charge on any atom is 0.126 e. The number of halogens is 1. The lowest BCUT2D eigenvalue weighted by atomic mass is 9.74. The zero-order valence-corrected chi connectivity index (χ0v) is 14.1. The molecule has 0 amide bonds. The molecule has 0 nitrogen and oxygen atoms in total. The molecule has 0 spiro atoms. The fourth-order valence-corrected chi connectivity index (χ4v) is 4.66. The van der Waals surface area contributed by atoms with Gasteiger partial charge in [-0.3, -0.25) is 0 Å². The van der Waals surface area contributed by atoms with E-state index in [1.54, 1.807) is 12.1 Å². The highest BCUT2D eigenvalue weighted by atomic mass is 19.1. The summed E-state index contributed by atoms with van der Waals surface area (Å²) in [7, 11) is 0. The summed E-state index contributed by atoms with van der Waals surface area (Å²) in [6.07, 6.45) is 13.7. The van der Waals surface area contributed by atoms with Gasteiger partial charge in [-0.1, -0.05) is 63.6 Å². The molecule has 0 saturated heterocycles. The first-order valence-electron chi connectivity index (χ1n) is 9.46. The van der Waals surface area contributed by atoms with Crippen LogP contribution in [-0.4, -0.2) is 0 Å². The third-order valence-electron chi connectivity index (χ3n) is 6.31. The average molecular weight is 302 g/mol. The van der Waals surface area contributed by atoms with Crippen LogP contribution >= 0.6 is 0 Å². The van der Waals surface area contributed by atoms with Gasteiger partial charge in [-0.05, 0) is 61.0 Å². The smallest absolute Gasteiger partial charge is 0.126 e. The van der Waals surface area contributed by atoms with Crippen molar-refractivity contribution in [3.05, 3.63) is 35.6 Å². The lowest BCUT2D eigenvalue weighted by Crippen LogP contribution is -2.17. The third-order valence-corrected chi connectivity index (χ3v) is 6.31. The van der Waals surface area contributed by atoms with Crippen molar-refractivity contribution < 1.29 is 4.39 Å². The second-order valence-electron chi connectivity index (χ2n) is 7.94. The fourth-order valence-electron chi connectivity index (χ4n) is 4.66. The summed E-state index contributed by atoms with van der Waals surface area (Å²) in [4.78, 5) is 0. The normalized spacial score (nSPS) is 32.8. The van der Waals surface area contributed by atoms with E-state index in [1.807, 2.05) is 12.1 Å². The quantitative estimate of drug-likeness (QED) is 0.580. The van der Waals surface area contributed by atoms with Gasteiger partial charge in [-0.25, -0.2) is 4.39 Å². The largest absolute Gasteiger partial charge is 0.207 e. The van der Waals surface area contributed by atoms with Crippen LogP contribution in [0, 0.1) is 23.6 Å². The van der Waals surface area contributed by atoms with Gasteiger partial charge in [-0.2, -0.15) is 0 Å². The van der Waals surface area contributed by atoms with Crippen LogP contribution in [0.4, 0.5) is 4.39 Å². The van der Waals surface area contributed by atoms with Gasteiger partial charge in [0.2, 0.25) is 0 Å². The molecule has 1 aromatic rings. The van der Waals surface area contributed by atoms with Crippen molar-refractivity contribution in [3.8, 4) is 0 Å². The minimum atomic E-state index is 0.00211. The molecular formula is C21H31F. The van der Waals surface area contributed by atoms with E-state index in [2.05, 4.69) is 6.92 Å². The van der Waals surface area contributed by atoms with Gasteiger partial charge in [0.25, 0.3) is 0 Å². The van der Waals surface area contributed by atoms with Crippen LogP contribution in [0.2, 0.25) is 0 Å². The monoisotopic (exact) mass is 302 g/mol. The minimum Gasteiger partial charge on any atom is -0.207 e. The number of hydrogen-bond donors (Lipinski definition) is 0. The highest BCUT2D eigenvalue weighted by molar-refractivity contribution is 5.22. The predicted octanol–water partition coefficient (Wildman–Crippen LogP) is 6.71. The molecule has 1 heteroatoms. The van der Waals surface area contributed by atoms with Gasteiger partial charge in [0.15, 0.2) is 0 Å². The van der Waals surface area contributed by atoms with E-state index in [9.17, 15) is 4.39 Å². The summed E-state index contributed by atoms with van der Waals surface area (Å²) in [5.74, 6) is 3.34. The topological polar surface area (TPSA) is 0 Å². The molecule has 0 aliphatic heterocycles. The fraction of sp³-hybridized carbons (Fsp3) is 0.714. The zero-order chi connectivity index (χ0) is 15.4. The molecule has 0 unspecified atom stereocenters. The molecule has 22 heavy (non-hydrogen) atoms. The van der Waals surface area contributed by atoms with Crippen LogP contribution in [0.3, 0.4) is 0 Å². The Morgan fingerprint density at radius 1 is 0.818 bits per heavy atom. The summed E-state index contributed by atoms with van der Waals surface area (Å²) < 4.78 is 13.9. The molecule has 2 aliphatic rings. The molecule has 122 valence electrons. The SMILES string of the molecule is CC1CCC(CCC2CCC(c3ccccc3F)CC2)CC1. The standard InChI is InChI=1S/C21H31F/c1-16-6-8-17(9-7-16)10-11-18-12-14-19(15-13-18)20-4-2-3-5-21(20)22/h2-5,16-19H,6-15H2,1H3. The molecule has 0 bridgehead atoms. The molecule has 2 fully saturated rings. The molecule has 0 atom stereocenters. The van der Waals surface area contributed by atoms with Crippen LogP contribution in [0.25, 0.3) is 0 Å². The van der Waals surface area contributed by atoms with Crippen molar-refractivity contribution in [3.63, 3.8) is 0 Å². The Bertz CT molecular complexity index is 451. The molecule has 2 aliphatic carbocycles. The number of rotatable bonds is 4. The molecule has 2 saturated carbocycles. The van der Waals surface area contributed by atoms with E-state index in [0.29, 0.717) is 5.92 Å². The Kier molecular flexibility index (Phi) is 5.55. The van der Waals surface area contributed by atoms with Crippen LogP contribution < -0.4 is 0 Å². The summed E-state index contributed by atoms with van der Waals surface area (Å²) in [6, 6.07) is 7.39. The van der Waals surface area contributed by atoms with E-state index in [-0.39, 0.29) is 5.82 Å². The predicted molar refractivity (Wildman–Crippen MR) is 91.5 cm³/mol. The van der Waals surface area contributed by atoms with Gasteiger partial charge in [-0.15, -0.1) is 0 Å². The van der Waals surface area contributed by atoms with Crippen LogP contribution in [0.5, 0.6) is 0 Å². The summed E-state index contributed by atoms with van der Waals surface area (Å²) in [6.45, 7) is 2.40. The first-order valence-corrected chi connectivity index (χ1v) is 9.46. The van der Waals surface area contributed by atoms with E-state index in [4.69, 9.17) is 0 Å². The van der Waals surface area contributed by atoms with E-state index >= 15 is 0 Å². The molecule has 3 rings (SSSR count). The number of hydrogen-bond acceptors (Lipinski definition) is 0. The second kappa shape index (κ2) is 7.62. The maximum atomic E-state index is 13.9. The first kappa shape index (κ1) is 16.0. The van der Waals surface area contributed by atoms with Crippen molar-refractivity contribution in [2.24, 2.45) is 17.8 Å². The lowest BCUT2D eigenvalue weighted by Gasteiger charge is -2.31. The Morgan fingerprint density at radius 3 is 1.95 bits per heavy atom. The van der Waals surface area contributed by atoms with Gasteiger partial charge in [0, 0.05) is 0 Å². The highest BCUT2D eigenvalue weighted by Gasteiger charge is 2.25. The molecular weight excluding hydrogens is 271 g/mol. The molecule has 0 heterocycles. The van der Waals surface area contributed by atoms with E-state index in [1.165, 1.54) is 64.2 Å². The third kappa shape index (κ3) is 4.12. The van der Waals surface area contributed by atoms with Gasteiger partial charge in [0.1, 0.15) is 5.82 Å². The summed E-state index contributed by atoms with van der Waals surface area (Å²) >= 11 is 0. The van der Waals surface area contributed by atoms with Crippen molar-refractivity contribution >= 4 is 0 Å². The van der Waals surface area contributed by atoms with Gasteiger partial charge in [0.05, 0.1) is 0 Å². The van der Waals surface area contributed by atoms with E-state index in [0.717, 1.165) is 23.3 Å². The Morgan fingerprint density at radius 2 is 1.36 bits per heavy atom. The zero-order valence-electron chi connectivity index (χ0n) is 14.1. The molecule has 0 N–H and O–H groups in total. The van der Waals surface area contributed by atoms with Crippen molar-refractivity contribution in [1.82, 2.24) is 0 Å². The molecule has 0 aromatic heterocycles. The lowest BCUT2D eigenvalue weighted by molar-refractivity contribution is 0.237. The minimum absolute atomic E-state index is 0.00211. The number of benzene rings is 1. The summed E-state index contributed by atoms with van der Waals surface area (Å²) in [5.41, 5.74) is 0.960. The van der Waals surface area contributed by atoms with Crippen molar-refractivity contribution in [2.45, 2.75) is 77.0 Å². The van der Waals surface area contributed by atoms with Gasteiger partial charge >= 0.3 is 0 Å². The van der Waals surface area contributed by atoms with Crippen LogP contribution in [0.1, 0.15) is 82.6 Å². The second-order valence-corrected chi connectivity index (χ2v) is 7.94. The first-order chi connectivity index (χ1) is 10.7. The molecule has 0 radical (unpaired) electrons. The maximum absolute atomic E-state index is 13.9. The van der Waals surface area contributed by atoms with Gasteiger partial charge < -0.3 is 0 Å². The van der Waals surface area contributed by atoms with E-state index < -0.39 is 0 Å². The Labute approximate surface area is 135 Å². The Balaban J connectivity index is 1.41. The Hall–Kier alpha value is -0.850.